The van der Waals surface area contributed by atoms with Crippen molar-refractivity contribution in [1.29, 1.82) is 0 Å². The molecule has 2 unspecified atom stereocenters. The SMILES string of the molecule is CCN[C@H](C)CNC(=O)C(NC(=O)c1ccc(Cl)cc1)C(C)CC.Cl. The molecule has 142 valence electrons. The lowest BCUT2D eigenvalue weighted by molar-refractivity contribution is -0.124. The summed E-state index contributed by atoms with van der Waals surface area (Å²) in [6.45, 7) is 9.36. The van der Waals surface area contributed by atoms with E-state index in [0.29, 0.717) is 17.1 Å². The lowest BCUT2D eigenvalue weighted by Gasteiger charge is -2.24. The summed E-state index contributed by atoms with van der Waals surface area (Å²) in [6.07, 6.45) is 0.793. The minimum atomic E-state index is -0.563. The van der Waals surface area contributed by atoms with Gasteiger partial charge >= 0.3 is 0 Å². The van der Waals surface area contributed by atoms with Crippen LogP contribution >= 0.6 is 24.0 Å². The van der Waals surface area contributed by atoms with Crippen molar-refractivity contribution >= 4 is 35.8 Å². The molecule has 3 atom stereocenters. The van der Waals surface area contributed by atoms with Crippen molar-refractivity contribution in [2.24, 2.45) is 5.92 Å². The summed E-state index contributed by atoms with van der Waals surface area (Å²) in [4.78, 5) is 24.9. The van der Waals surface area contributed by atoms with Crippen molar-refractivity contribution in [2.75, 3.05) is 13.1 Å². The summed E-state index contributed by atoms with van der Waals surface area (Å²) in [5, 5.41) is 9.57. The van der Waals surface area contributed by atoms with E-state index in [1.54, 1.807) is 24.3 Å². The minimum Gasteiger partial charge on any atom is -0.353 e. The molecule has 0 aliphatic heterocycles. The number of hydrogen-bond acceptors (Lipinski definition) is 3. The average Bonchev–Trinajstić information content (AvgIpc) is 2.57. The molecule has 0 spiro atoms. The van der Waals surface area contributed by atoms with Crippen LogP contribution in [-0.2, 0) is 4.79 Å². The number of benzene rings is 1. The van der Waals surface area contributed by atoms with Gasteiger partial charge in [0.25, 0.3) is 5.91 Å². The van der Waals surface area contributed by atoms with E-state index in [-0.39, 0.29) is 36.2 Å². The molecule has 0 fully saturated rings. The molecule has 2 amide bonds. The van der Waals surface area contributed by atoms with Crippen molar-refractivity contribution in [2.45, 2.75) is 46.2 Å². The van der Waals surface area contributed by atoms with E-state index in [4.69, 9.17) is 11.6 Å². The Hall–Kier alpha value is -1.30. The van der Waals surface area contributed by atoms with Crippen molar-refractivity contribution in [3.63, 3.8) is 0 Å². The number of halogens is 2. The minimum absolute atomic E-state index is 0. The maximum atomic E-state index is 12.5. The van der Waals surface area contributed by atoms with E-state index in [1.165, 1.54) is 0 Å². The molecule has 0 saturated heterocycles. The van der Waals surface area contributed by atoms with Crippen LogP contribution in [0.2, 0.25) is 5.02 Å². The molecule has 1 aromatic rings. The summed E-state index contributed by atoms with van der Waals surface area (Å²) in [5.41, 5.74) is 0.488. The summed E-state index contributed by atoms with van der Waals surface area (Å²) >= 11 is 5.84. The van der Waals surface area contributed by atoms with Gasteiger partial charge in [-0.05, 0) is 43.7 Å². The number of hydrogen-bond donors (Lipinski definition) is 3. The Labute approximate surface area is 161 Å². The molecule has 0 aromatic heterocycles. The predicted molar refractivity (Wildman–Crippen MR) is 106 cm³/mol. The maximum Gasteiger partial charge on any atom is 0.251 e. The Balaban J connectivity index is 0.00000576. The molecule has 7 heteroatoms. The smallest absolute Gasteiger partial charge is 0.251 e. The van der Waals surface area contributed by atoms with Crippen LogP contribution in [0, 0.1) is 5.92 Å². The van der Waals surface area contributed by atoms with Crippen molar-refractivity contribution in [3.05, 3.63) is 34.9 Å². The van der Waals surface area contributed by atoms with Crippen LogP contribution in [0.5, 0.6) is 0 Å². The Morgan fingerprint density at radius 1 is 1.12 bits per heavy atom. The average molecular weight is 390 g/mol. The van der Waals surface area contributed by atoms with E-state index in [2.05, 4.69) is 16.0 Å². The molecular formula is C18H29Cl2N3O2. The Kier molecular flexibility index (Phi) is 11.5. The van der Waals surface area contributed by atoms with E-state index in [1.807, 2.05) is 27.7 Å². The first-order valence-corrected chi connectivity index (χ1v) is 8.84. The summed E-state index contributed by atoms with van der Waals surface area (Å²) in [7, 11) is 0. The van der Waals surface area contributed by atoms with Gasteiger partial charge in [-0.25, -0.2) is 0 Å². The fourth-order valence-corrected chi connectivity index (χ4v) is 2.44. The summed E-state index contributed by atoms with van der Waals surface area (Å²) < 4.78 is 0. The number of carbonyl (C=O) groups excluding carboxylic acids is 2. The largest absolute Gasteiger partial charge is 0.353 e. The van der Waals surface area contributed by atoms with Gasteiger partial charge in [-0.3, -0.25) is 9.59 Å². The molecule has 0 bridgehead atoms. The van der Waals surface area contributed by atoms with Crippen molar-refractivity contribution < 1.29 is 9.59 Å². The fraction of sp³-hybridized carbons (Fsp3) is 0.556. The number of carbonyl (C=O) groups is 2. The fourth-order valence-electron chi connectivity index (χ4n) is 2.31. The Bertz CT molecular complexity index is 538. The lowest BCUT2D eigenvalue weighted by atomic mass is 9.97. The summed E-state index contributed by atoms with van der Waals surface area (Å²) in [6, 6.07) is 6.24. The molecule has 25 heavy (non-hydrogen) atoms. The van der Waals surface area contributed by atoms with E-state index in [9.17, 15) is 9.59 Å². The highest BCUT2D eigenvalue weighted by molar-refractivity contribution is 6.30. The molecule has 1 rings (SSSR count). The number of likely N-dealkylation sites (N-methyl/N-ethyl adjacent to an activating group) is 1. The highest BCUT2D eigenvalue weighted by atomic mass is 35.5. The first-order chi connectivity index (χ1) is 11.4. The van der Waals surface area contributed by atoms with E-state index in [0.717, 1.165) is 13.0 Å². The zero-order valence-electron chi connectivity index (χ0n) is 15.3. The number of amides is 2. The zero-order chi connectivity index (χ0) is 18.1. The maximum absolute atomic E-state index is 12.5. The van der Waals surface area contributed by atoms with Crippen LogP contribution in [0.3, 0.4) is 0 Å². The van der Waals surface area contributed by atoms with Crippen molar-refractivity contribution in [3.8, 4) is 0 Å². The third kappa shape index (κ3) is 8.08. The van der Waals surface area contributed by atoms with E-state index < -0.39 is 6.04 Å². The third-order valence-corrected chi connectivity index (χ3v) is 4.28. The highest BCUT2D eigenvalue weighted by Crippen LogP contribution is 2.12. The molecule has 0 aliphatic rings. The van der Waals surface area contributed by atoms with Gasteiger partial charge in [-0.2, -0.15) is 0 Å². The second kappa shape index (κ2) is 12.1. The zero-order valence-corrected chi connectivity index (χ0v) is 16.8. The molecule has 0 aliphatic carbocycles. The summed E-state index contributed by atoms with van der Waals surface area (Å²) in [5.74, 6) is -0.390. The van der Waals surface area contributed by atoms with Gasteiger partial charge in [-0.1, -0.05) is 38.8 Å². The van der Waals surface area contributed by atoms with Gasteiger partial charge in [0.15, 0.2) is 0 Å². The lowest BCUT2D eigenvalue weighted by Crippen LogP contribution is -2.52. The topological polar surface area (TPSA) is 70.2 Å². The van der Waals surface area contributed by atoms with Gasteiger partial charge in [0.1, 0.15) is 6.04 Å². The standard InChI is InChI=1S/C18H28ClN3O2.ClH/c1-5-12(3)16(18(24)21-11-13(4)20-6-2)22-17(23)14-7-9-15(19)10-8-14;/h7-10,12-13,16,20H,5-6,11H2,1-4H3,(H,21,24)(H,22,23);1H/t12?,13-,16?;/m1./s1. The van der Waals surface area contributed by atoms with Crippen LogP contribution in [0.1, 0.15) is 44.5 Å². The number of rotatable bonds is 9. The quantitative estimate of drug-likeness (QED) is 0.607. The van der Waals surface area contributed by atoms with Gasteiger partial charge in [0.05, 0.1) is 0 Å². The highest BCUT2D eigenvalue weighted by Gasteiger charge is 2.26. The predicted octanol–water partition coefficient (Wildman–Crippen LogP) is 3.02. The molecule has 0 radical (unpaired) electrons. The molecule has 3 N–H and O–H groups in total. The normalized spacial score (nSPS) is 14.0. The molecule has 0 saturated carbocycles. The second-order valence-corrected chi connectivity index (χ2v) is 6.48. The Morgan fingerprint density at radius 3 is 2.24 bits per heavy atom. The monoisotopic (exact) mass is 389 g/mol. The van der Waals surface area contributed by atoms with Crippen LogP contribution < -0.4 is 16.0 Å². The van der Waals surface area contributed by atoms with Crippen molar-refractivity contribution in [1.82, 2.24) is 16.0 Å². The van der Waals surface area contributed by atoms with E-state index >= 15 is 0 Å². The molecular weight excluding hydrogens is 361 g/mol. The molecule has 0 heterocycles. The first kappa shape index (κ1) is 23.7. The first-order valence-electron chi connectivity index (χ1n) is 8.46. The third-order valence-electron chi connectivity index (χ3n) is 4.02. The van der Waals surface area contributed by atoms with Gasteiger partial charge in [0.2, 0.25) is 5.91 Å². The molecule has 5 nitrogen and oxygen atoms in total. The van der Waals surface area contributed by atoms with Crippen LogP contribution in [-0.4, -0.2) is 37.0 Å². The number of nitrogens with one attached hydrogen (secondary N) is 3. The Morgan fingerprint density at radius 2 is 1.72 bits per heavy atom. The molecule has 1 aromatic carbocycles. The van der Waals surface area contributed by atoms with Crippen LogP contribution in [0.15, 0.2) is 24.3 Å². The van der Waals surface area contributed by atoms with Gasteiger partial charge in [-0.15, -0.1) is 12.4 Å². The van der Waals surface area contributed by atoms with Crippen LogP contribution in [0.25, 0.3) is 0 Å². The van der Waals surface area contributed by atoms with Crippen LogP contribution in [0.4, 0.5) is 0 Å². The second-order valence-electron chi connectivity index (χ2n) is 6.05. The van der Waals surface area contributed by atoms with Gasteiger partial charge < -0.3 is 16.0 Å². The van der Waals surface area contributed by atoms with Gasteiger partial charge in [0, 0.05) is 23.2 Å².